The molecule has 0 aromatic heterocycles. The number of hydrogen-bond acceptors (Lipinski definition) is 6. The van der Waals surface area contributed by atoms with E-state index >= 15 is 0 Å². The Balaban J connectivity index is 2.11. The van der Waals surface area contributed by atoms with Crippen LogP contribution in [0.25, 0.3) is 0 Å². The number of hydrogen-bond donors (Lipinski definition) is 2. The Morgan fingerprint density at radius 3 is 2.48 bits per heavy atom. The van der Waals surface area contributed by atoms with Crippen LogP contribution in [0, 0.1) is 0 Å². The van der Waals surface area contributed by atoms with E-state index in [0.717, 1.165) is 19.3 Å². The average molecular weight is 420 g/mol. The molecule has 1 aromatic rings. The molecule has 0 atom stereocenters. The predicted molar refractivity (Wildman–Crippen MR) is 92.4 cm³/mol. The molecule has 136 valence electrons. The number of rotatable bonds is 2. The number of anilines is 1. The monoisotopic (exact) mass is 419 g/mol. The standard InChI is InChI=1S/C15H17BrF3N5O/c16-9-4-5-10(11(8-9)25-15(17,18)19)24-13(21)22-12(20)23-14(24)6-2-1-3-7-14/h4-5,8H,1-3,6-7H2,(H4,20,21,22,23). The SMILES string of the molecule is NC1=NC2(CCCCC2)N(c2ccc(Br)cc2OC(F)(F)F)C(N)=N1. The molecule has 2 aliphatic rings. The summed E-state index contributed by atoms with van der Waals surface area (Å²) in [5, 5.41) is 0. The predicted octanol–water partition coefficient (Wildman–Crippen LogP) is 3.46. The molecule has 0 unspecified atom stereocenters. The first-order chi connectivity index (χ1) is 11.7. The fourth-order valence-electron chi connectivity index (χ4n) is 3.35. The van der Waals surface area contributed by atoms with Crippen molar-refractivity contribution in [2.45, 2.75) is 44.1 Å². The molecule has 1 aliphatic heterocycles. The summed E-state index contributed by atoms with van der Waals surface area (Å²) in [6.45, 7) is 0. The Morgan fingerprint density at radius 2 is 1.84 bits per heavy atom. The number of nitrogens with zero attached hydrogens (tertiary/aromatic N) is 3. The lowest BCUT2D eigenvalue weighted by atomic mass is 9.87. The number of alkyl halides is 3. The summed E-state index contributed by atoms with van der Waals surface area (Å²) >= 11 is 3.17. The molecule has 0 saturated heterocycles. The van der Waals surface area contributed by atoms with Crippen molar-refractivity contribution in [3.63, 3.8) is 0 Å². The van der Waals surface area contributed by atoms with Gasteiger partial charge in [0, 0.05) is 4.47 Å². The number of benzene rings is 1. The van der Waals surface area contributed by atoms with Crippen molar-refractivity contribution in [2.24, 2.45) is 21.5 Å². The van der Waals surface area contributed by atoms with Crippen LogP contribution in [-0.4, -0.2) is 23.9 Å². The number of halogens is 4. The van der Waals surface area contributed by atoms with Crippen molar-refractivity contribution < 1.29 is 17.9 Å². The maximum Gasteiger partial charge on any atom is 0.573 e. The van der Waals surface area contributed by atoms with Crippen molar-refractivity contribution in [2.75, 3.05) is 4.90 Å². The minimum Gasteiger partial charge on any atom is -0.404 e. The highest BCUT2D eigenvalue weighted by Crippen LogP contribution is 2.44. The van der Waals surface area contributed by atoms with Crippen molar-refractivity contribution in [3.8, 4) is 5.75 Å². The Hall–Kier alpha value is -1.97. The average Bonchev–Trinajstić information content (AvgIpc) is 2.48. The summed E-state index contributed by atoms with van der Waals surface area (Å²) in [7, 11) is 0. The highest BCUT2D eigenvalue weighted by molar-refractivity contribution is 9.10. The second kappa shape index (κ2) is 6.40. The first-order valence-electron chi connectivity index (χ1n) is 7.75. The fraction of sp³-hybridized carbons (Fsp3) is 0.467. The Kier molecular flexibility index (Phi) is 4.56. The van der Waals surface area contributed by atoms with Crippen LogP contribution in [0.3, 0.4) is 0 Å². The molecule has 0 amide bonds. The van der Waals surface area contributed by atoms with Gasteiger partial charge in [-0.05, 0) is 43.9 Å². The third kappa shape index (κ3) is 3.68. The Bertz CT molecular complexity index is 728. The zero-order valence-corrected chi connectivity index (χ0v) is 14.8. The molecule has 1 aromatic carbocycles. The summed E-state index contributed by atoms with van der Waals surface area (Å²) in [6, 6.07) is 4.36. The van der Waals surface area contributed by atoms with E-state index in [0.29, 0.717) is 17.3 Å². The van der Waals surface area contributed by atoms with E-state index in [4.69, 9.17) is 11.5 Å². The smallest absolute Gasteiger partial charge is 0.404 e. The maximum atomic E-state index is 12.8. The topological polar surface area (TPSA) is 89.2 Å². The van der Waals surface area contributed by atoms with Crippen LogP contribution >= 0.6 is 15.9 Å². The second-order valence-corrected chi connectivity index (χ2v) is 6.89. The van der Waals surface area contributed by atoms with Crippen molar-refractivity contribution in [3.05, 3.63) is 22.7 Å². The van der Waals surface area contributed by atoms with Gasteiger partial charge in [-0.25, -0.2) is 4.99 Å². The molecule has 0 bridgehead atoms. The van der Waals surface area contributed by atoms with E-state index < -0.39 is 12.0 Å². The lowest BCUT2D eigenvalue weighted by Crippen LogP contribution is -2.58. The molecule has 4 N–H and O–H groups in total. The summed E-state index contributed by atoms with van der Waals surface area (Å²) < 4.78 is 43.2. The minimum absolute atomic E-state index is 0.00347. The Morgan fingerprint density at radius 1 is 1.16 bits per heavy atom. The first kappa shape index (κ1) is 17.8. The van der Waals surface area contributed by atoms with Crippen LogP contribution in [0.4, 0.5) is 18.9 Å². The van der Waals surface area contributed by atoms with Gasteiger partial charge in [-0.2, -0.15) is 4.99 Å². The number of aliphatic imine (C=N–C) groups is 2. The molecule has 1 fully saturated rings. The summed E-state index contributed by atoms with van der Waals surface area (Å²) in [6.07, 6.45) is -0.844. The van der Waals surface area contributed by atoms with Crippen molar-refractivity contribution >= 4 is 33.5 Å². The minimum atomic E-state index is -4.83. The van der Waals surface area contributed by atoms with Crippen LogP contribution in [0.1, 0.15) is 32.1 Å². The van der Waals surface area contributed by atoms with E-state index in [2.05, 4.69) is 30.7 Å². The summed E-state index contributed by atoms with van der Waals surface area (Å²) in [5.74, 6) is -0.338. The number of ether oxygens (including phenoxy) is 1. The van der Waals surface area contributed by atoms with Crippen LogP contribution < -0.4 is 21.1 Å². The van der Waals surface area contributed by atoms with Crippen LogP contribution in [0.2, 0.25) is 0 Å². The van der Waals surface area contributed by atoms with Crippen LogP contribution in [-0.2, 0) is 0 Å². The maximum absolute atomic E-state index is 12.8. The molecule has 3 rings (SSSR count). The second-order valence-electron chi connectivity index (χ2n) is 5.98. The van der Waals surface area contributed by atoms with Gasteiger partial charge in [-0.1, -0.05) is 22.4 Å². The van der Waals surface area contributed by atoms with Gasteiger partial charge in [0.1, 0.15) is 5.66 Å². The lowest BCUT2D eigenvalue weighted by molar-refractivity contribution is -0.274. The summed E-state index contributed by atoms with van der Waals surface area (Å²) in [4.78, 5) is 9.91. The van der Waals surface area contributed by atoms with Gasteiger partial charge >= 0.3 is 6.36 Å². The highest BCUT2D eigenvalue weighted by Gasteiger charge is 2.44. The molecule has 0 radical (unpaired) electrons. The van der Waals surface area contributed by atoms with Gasteiger partial charge in [-0.15, -0.1) is 13.2 Å². The molecule has 1 aliphatic carbocycles. The summed E-state index contributed by atoms with van der Waals surface area (Å²) in [5.41, 5.74) is 11.1. The lowest BCUT2D eigenvalue weighted by Gasteiger charge is -2.45. The third-order valence-electron chi connectivity index (χ3n) is 4.24. The van der Waals surface area contributed by atoms with Gasteiger partial charge in [0.15, 0.2) is 5.75 Å². The van der Waals surface area contributed by atoms with E-state index in [1.54, 1.807) is 6.07 Å². The van der Waals surface area contributed by atoms with Crippen molar-refractivity contribution in [1.29, 1.82) is 0 Å². The molecule has 25 heavy (non-hydrogen) atoms. The van der Waals surface area contributed by atoms with Gasteiger partial charge in [0.05, 0.1) is 5.69 Å². The zero-order valence-electron chi connectivity index (χ0n) is 13.2. The molecule has 1 spiro atoms. The van der Waals surface area contributed by atoms with Gasteiger partial charge in [0.25, 0.3) is 0 Å². The normalized spacial score (nSPS) is 20.2. The Labute approximate surface area is 150 Å². The number of nitrogens with two attached hydrogens (primary N) is 2. The zero-order chi connectivity index (χ0) is 18.2. The van der Waals surface area contributed by atoms with Gasteiger partial charge in [-0.3, -0.25) is 4.90 Å². The molecule has 6 nitrogen and oxygen atoms in total. The molecular formula is C15H17BrF3N5O. The van der Waals surface area contributed by atoms with Gasteiger partial charge in [0.2, 0.25) is 11.9 Å². The highest BCUT2D eigenvalue weighted by atomic mass is 79.9. The van der Waals surface area contributed by atoms with E-state index in [9.17, 15) is 13.2 Å². The third-order valence-corrected chi connectivity index (χ3v) is 4.73. The molecule has 10 heteroatoms. The quantitative estimate of drug-likeness (QED) is 0.767. The van der Waals surface area contributed by atoms with E-state index in [1.165, 1.54) is 17.0 Å². The van der Waals surface area contributed by atoms with E-state index in [1.807, 2.05) is 0 Å². The first-order valence-corrected chi connectivity index (χ1v) is 8.54. The fourth-order valence-corrected chi connectivity index (χ4v) is 3.69. The van der Waals surface area contributed by atoms with E-state index in [-0.39, 0.29) is 23.4 Å². The van der Waals surface area contributed by atoms with Gasteiger partial charge < -0.3 is 16.2 Å². The molecule has 1 heterocycles. The largest absolute Gasteiger partial charge is 0.573 e. The molecular weight excluding hydrogens is 403 g/mol. The van der Waals surface area contributed by atoms with Crippen LogP contribution in [0.15, 0.2) is 32.7 Å². The van der Waals surface area contributed by atoms with Crippen molar-refractivity contribution in [1.82, 2.24) is 0 Å². The molecule has 1 saturated carbocycles. The number of guanidine groups is 2. The van der Waals surface area contributed by atoms with Crippen LogP contribution in [0.5, 0.6) is 5.75 Å².